The van der Waals surface area contributed by atoms with E-state index >= 15 is 0 Å². The van der Waals surface area contributed by atoms with Crippen LogP contribution in [-0.4, -0.2) is 82.0 Å². The van der Waals surface area contributed by atoms with Gasteiger partial charge in [0.05, 0.1) is 29.4 Å². The number of hydrogen-bond donors (Lipinski definition) is 3. The van der Waals surface area contributed by atoms with Gasteiger partial charge in [0.1, 0.15) is 11.9 Å². The van der Waals surface area contributed by atoms with Gasteiger partial charge < -0.3 is 20.7 Å². The molecule has 0 aliphatic heterocycles. The number of benzene rings is 1. The summed E-state index contributed by atoms with van der Waals surface area (Å²) in [5.41, 5.74) is 2.70. The molecule has 3 saturated carbocycles. The minimum absolute atomic E-state index is 0.112. The van der Waals surface area contributed by atoms with Gasteiger partial charge in [-0.05, 0) is 44.5 Å². The van der Waals surface area contributed by atoms with E-state index in [4.69, 9.17) is 10.5 Å². The SMILES string of the molecule is CC1c2cccc(O)c2C(=O)C2C(=O)[C@]3(O)C(=O)C(C(N)=O)C(=O)[C@@H](N(C)C)[C@@H]3[C@@H](OC(=O)C3CCCCC3)[C@@H]21. The van der Waals surface area contributed by atoms with Gasteiger partial charge in [0.15, 0.2) is 34.7 Å². The van der Waals surface area contributed by atoms with Crippen LogP contribution in [0.15, 0.2) is 18.2 Å². The van der Waals surface area contributed by atoms with Crippen molar-refractivity contribution in [3.05, 3.63) is 29.3 Å². The summed E-state index contributed by atoms with van der Waals surface area (Å²) >= 11 is 0. The second kappa shape index (κ2) is 9.88. The number of hydrogen-bond acceptors (Lipinski definition) is 10. The number of ketones is 4. The summed E-state index contributed by atoms with van der Waals surface area (Å²) in [6, 6.07) is 3.08. The molecule has 11 heteroatoms. The molecule has 0 heterocycles. The lowest BCUT2D eigenvalue weighted by Crippen LogP contribution is -2.78. The molecule has 4 aliphatic carbocycles. The van der Waals surface area contributed by atoms with Crippen LogP contribution >= 0.6 is 0 Å². The molecule has 0 spiro atoms. The number of likely N-dealkylation sites (N-methyl/N-ethyl adjacent to an activating group) is 1. The van der Waals surface area contributed by atoms with Crippen molar-refractivity contribution in [1.82, 2.24) is 4.90 Å². The standard InChI is InChI=1S/C29H34N2O9/c1-12-14-10-7-11-15(32)17(14)22(33)18-16(12)24(40-28(38)13-8-5-4-6-9-13)20-21(31(2)3)23(34)19(27(30)37)26(36)29(20,39)25(18)35/h7,10-13,16,18-21,24,32,39H,4-6,8-9H2,1-3H3,(H2,30,37)/t12?,16-,18?,19?,20-,21+,24+,29+/m1/s1. The molecule has 1 aromatic carbocycles. The van der Waals surface area contributed by atoms with E-state index in [-0.39, 0.29) is 11.3 Å². The van der Waals surface area contributed by atoms with Crippen LogP contribution in [0.4, 0.5) is 0 Å². The van der Waals surface area contributed by atoms with Crippen LogP contribution in [0.1, 0.15) is 60.9 Å². The number of primary amides is 1. The van der Waals surface area contributed by atoms with Crippen molar-refractivity contribution in [3.63, 3.8) is 0 Å². The van der Waals surface area contributed by atoms with Crippen molar-refractivity contribution in [2.45, 2.75) is 62.7 Å². The van der Waals surface area contributed by atoms with Gasteiger partial charge in [-0.15, -0.1) is 0 Å². The lowest BCUT2D eigenvalue weighted by Gasteiger charge is -2.56. The first-order chi connectivity index (χ1) is 18.8. The number of Topliss-reactive ketones (excluding diaryl/α,β-unsaturated/α-hetero) is 4. The summed E-state index contributed by atoms with van der Waals surface area (Å²) in [6.07, 6.45) is 2.36. The number of fused-ring (bicyclic) bond motifs is 3. The third kappa shape index (κ3) is 3.85. The first kappa shape index (κ1) is 28.1. The smallest absolute Gasteiger partial charge is 0.309 e. The second-order valence-corrected chi connectivity index (χ2v) is 11.9. The van der Waals surface area contributed by atoms with Gasteiger partial charge >= 0.3 is 5.97 Å². The number of esters is 1. The Morgan fingerprint density at radius 1 is 1.05 bits per heavy atom. The number of ether oxygens (including phenoxy) is 1. The fourth-order valence-corrected chi connectivity index (χ4v) is 7.63. The number of phenols is 1. The van der Waals surface area contributed by atoms with Gasteiger partial charge in [-0.25, -0.2) is 0 Å². The molecule has 0 saturated heterocycles. The molecule has 0 aromatic heterocycles. The summed E-state index contributed by atoms with van der Waals surface area (Å²) in [5.74, 6) is -14.1. The number of phenolic OH excluding ortho intramolecular Hbond substituents is 1. The number of nitrogens with zero attached hydrogens (tertiary/aromatic N) is 1. The maximum absolute atomic E-state index is 14.2. The maximum Gasteiger partial charge on any atom is 0.309 e. The number of carbonyl (C=O) groups excluding carboxylic acids is 6. The highest BCUT2D eigenvalue weighted by Crippen LogP contribution is 2.55. The third-order valence-electron chi connectivity index (χ3n) is 9.52. The quantitative estimate of drug-likeness (QED) is 0.351. The van der Waals surface area contributed by atoms with Gasteiger partial charge in [-0.1, -0.05) is 38.3 Å². The first-order valence-electron chi connectivity index (χ1n) is 13.7. The second-order valence-electron chi connectivity index (χ2n) is 11.9. The lowest BCUT2D eigenvalue weighted by molar-refractivity contribution is -0.207. The van der Waals surface area contributed by atoms with Gasteiger partial charge in [0.2, 0.25) is 5.91 Å². The molecule has 1 amide bonds. The Kier molecular flexibility index (Phi) is 6.94. The molecule has 0 radical (unpaired) electrons. The fourth-order valence-electron chi connectivity index (χ4n) is 7.63. The summed E-state index contributed by atoms with van der Waals surface area (Å²) in [4.78, 5) is 82.5. The normalized spacial score (nSPS) is 36.1. The van der Waals surface area contributed by atoms with Crippen LogP contribution in [0.25, 0.3) is 0 Å². The summed E-state index contributed by atoms with van der Waals surface area (Å²) in [6.45, 7) is 1.71. The average Bonchev–Trinajstić information content (AvgIpc) is 2.90. The molecule has 3 unspecified atom stereocenters. The molecule has 4 N–H and O–H groups in total. The molecule has 40 heavy (non-hydrogen) atoms. The Labute approximate surface area is 231 Å². The Morgan fingerprint density at radius 2 is 1.70 bits per heavy atom. The van der Waals surface area contributed by atoms with E-state index in [1.165, 1.54) is 25.1 Å². The van der Waals surface area contributed by atoms with Crippen molar-refractivity contribution in [2.75, 3.05) is 14.1 Å². The van der Waals surface area contributed by atoms with Gasteiger partial charge in [-0.2, -0.15) is 0 Å². The molecular weight excluding hydrogens is 520 g/mol. The predicted octanol–water partition coefficient (Wildman–Crippen LogP) is 0.530. The van der Waals surface area contributed by atoms with Crippen LogP contribution in [0.5, 0.6) is 5.75 Å². The third-order valence-corrected chi connectivity index (χ3v) is 9.52. The van der Waals surface area contributed by atoms with Crippen molar-refractivity contribution >= 4 is 35.0 Å². The van der Waals surface area contributed by atoms with Crippen LogP contribution in [0.3, 0.4) is 0 Å². The van der Waals surface area contributed by atoms with E-state index < -0.39 is 88.3 Å². The molecule has 5 rings (SSSR count). The zero-order valence-electron chi connectivity index (χ0n) is 22.7. The zero-order chi connectivity index (χ0) is 29.3. The van der Waals surface area contributed by atoms with E-state index in [9.17, 15) is 39.0 Å². The van der Waals surface area contributed by atoms with E-state index in [1.807, 2.05) is 0 Å². The van der Waals surface area contributed by atoms with Crippen LogP contribution < -0.4 is 5.73 Å². The number of carbonyl (C=O) groups is 6. The van der Waals surface area contributed by atoms with Crippen molar-refractivity contribution in [2.24, 2.45) is 35.3 Å². The minimum Gasteiger partial charge on any atom is -0.507 e. The van der Waals surface area contributed by atoms with Crippen molar-refractivity contribution < 1.29 is 43.7 Å². The molecule has 1 aromatic rings. The topological polar surface area (TPSA) is 181 Å². The van der Waals surface area contributed by atoms with E-state index in [1.54, 1.807) is 19.1 Å². The van der Waals surface area contributed by atoms with E-state index in [0.717, 1.165) is 19.3 Å². The number of nitrogens with two attached hydrogens (primary N) is 1. The first-order valence-corrected chi connectivity index (χ1v) is 13.7. The Hall–Kier alpha value is -3.44. The van der Waals surface area contributed by atoms with E-state index in [0.29, 0.717) is 18.4 Å². The number of amides is 1. The van der Waals surface area contributed by atoms with Gasteiger partial charge in [-0.3, -0.25) is 33.7 Å². The van der Waals surface area contributed by atoms with Crippen molar-refractivity contribution in [3.8, 4) is 5.75 Å². The molecule has 11 nitrogen and oxygen atoms in total. The highest BCUT2D eigenvalue weighted by atomic mass is 16.5. The fraction of sp³-hybridized carbons (Fsp3) is 0.586. The molecule has 8 atom stereocenters. The minimum atomic E-state index is -3.02. The monoisotopic (exact) mass is 554 g/mol. The summed E-state index contributed by atoms with van der Waals surface area (Å²) in [5, 5.41) is 22.6. The Morgan fingerprint density at radius 3 is 2.30 bits per heavy atom. The lowest BCUT2D eigenvalue weighted by atomic mass is 9.49. The summed E-state index contributed by atoms with van der Waals surface area (Å²) in [7, 11) is 2.96. The van der Waals surface area contributed by atoms with E-state index in [2.05, 4.69) is 0 Å². The predicted molar refractivity (Wildman–Crippen MR) is 138 cm³/mol. The molecule has 214 valence electrons. The number of aromatic hydroxyl groups is 1. The largest absolute Gasteiger partial charge is 0.507 e. The van der Waals surface area contributed by atoms with Gasteiger partial charge in [0.25, 0.3) is 0 Å². The zero-order valence-corrected chi connectivity index (χ0v) is 22.7. The maximum atomic E-state index is 14.2. The van der Waals surface area contributed by atoms with Gasteiger partial charge in [0, 0.05) is 5.92 Å². The highest BCUT2D eigenvalue weighted by molar-refractivity contribution is 6.32. The number of rotatable bonds is 4. The molecule has 3 fully saturated rings. The molecule has 4 aliphatic rings. The highest BCUT2D eigenvalue weighted by Gasteiger charge is 2.74. The molecular formula is C29H34N2O9. The number of aliphatic hydroxyl groups is 1. The average molecular weight is 555 g/mol. The Balaban J connectivity index is 1.73. The Bertz CT molecular complexity index is 1320. The van der Waals surface area contributed by atoms with Crippen LogP contribution in [-0.2, 0) is 28.7 Å². The van der Waals surface area contributed by atoms with Crippen molar-refractivity contribution in [1.29, 1.82) is 0 Å². The molecule has 0 bridgehead atoms. The van der Waals surface area contributed by atoms with Crippen LogP contribution in [0.2, 0.25) is 0 Å². The summed E-state index contributed by atoms with van der Waals surface area (Å²) < 4.78 is 6.11. The van der Waals surface area contributed by atoms with Crippen LogP contribution in [0, 0.1) is 29.6 Å².